The zero-order valence-electron chi connectivity index (χ0n) is 18.3. The van der Waals surface area contributed by atoms with Crippen molar-refractivity contribution in [1.29, 1.82) is 5.41 Å². The van der Waals surface area contributed by atoms with E-state index in [0.717, 1.165) is 47.6 Å². The molecule has 33 heavy (non-hydrogen) atoms. The molecule has 1 unspecified atom stereocenters. The minimum absolute atomic E-state index is 0.253. The molecule has 1 aliphatic rings. The Morgan fingerprint density at radius 3 is 2.97 bits per heavy atom. The number of hydrogen-bond acceptors (Lipinski definition) is 6. The molecule has 0 saturated carbocycles. The number of halogens is 1. The lowest BCUT2D eigenvalue weighted by molar-refractivity contribution is -0.120. The van der Waals surface area contributed by atoms with E-state index in [1.54, 1.807) is 12.0 Å². The second-order valence-corrected chi connectivity index (χ2v) is 8.10. The lowest BCUT2D eigenvalue weighted by atomic mass is 9.92. The number of rotatable bonds is 10. The van der Waals surface area contributed by atoms with Crippen LogP contribution in [0, 0.1) is 5.41 Å². The molecule has 0 saturated heterocycles. The van der Waals surface area contributed by atoms with Crippen molar-refractivity contribution in [3.8, 4) is 11.5 Å². The van der Waals surface area contributed by atoms with Gasteiger partial charge < -0.3 is 30.2 Å². The molecule has 1 aromatic heterocycles. The van der Waals surface area contributed by atoms with Gasteiger partial charge in [0.25, 0.3) is 0 Å². The molecule has 0 aliphatic carbocycles. The van der Waals surface area contributed by atoms with Gasteiger partial charge in [0.15, 0.2) is 11.5 Å². The van der Waals surface area contributed by atoms with Crippen LogP contribution in [0.2, 0.25) is 5.02 Å². The van der Waals surface area contributed by atoms with E-state index in [1.165, 1.54) is 11.8 Å². The normalized spacial score (nSPS) is 15.5. The number of nitrogens with one attached hydrogen (secondary N) is 3. The Morgan fingerprint density at radius 1 is 1.30 bits per heavy atom. The van der Waals surface area contributed by atoms with Gasteiger partial charge in [-0.25, -0.2) is 0 Å². The van der Waals surface area contributed by atoms with Crippen molar-refractivity contribution in [1.82, 2.24) is 15.3 Å². The predicted molar refractivity (Wildman–Crippen MR) is 130 cm³/mol. The Morgan fingerprint density at radius 2 is 2.18 bits per heavy atom. The SMILES string of the molecule is COc1cc(C2c3[nH]c4ccc(Cl)cc4c3CCN2C=O)ccc1OCCCN/N=C\C=N. The van der Waals surface area contributed by atoms with Crippen molar-refractivity contribution >= 4 is 41.3 Å². The van der Waals surface area contributed by atoms with Crippen LogP contribution in [0.4, 0.5) is 0 Å². The van der Waals surface area contributed by atoms with Crippen LogP contribution >= 0.6 is 11.6 Å². The van der Waals surface area contributed by atoms with Crippen LogP contribution in [-0.2, 0) is 11.2 Å². The Labute approximate surface area is 197 Å². The molecule has 0 radical (unpaired) electrons. The zero-order valence-corrected chi connectivity index (χ0v) is 19.1. The highest BCUT2D eigenvalue weighted by atomic mass is 35.5. The van der Waals surface area contributed by atoms with E-state index in [-0.39, 0.29) is 6.04 Å². The summed E-state index contributed by atoms with van der Waals surface area (Å²) in [7, 11) is 1.61. The smallest absolute Gasteiger partial charge is 0.210 e. The Kier molecular flexibility index (Phi) is 7.14. The van der Waals surface area contributed by atoms with E-state index in [4.69, 9.17) is 26.5 Å². The highest BCUT2D eigenvalue weighted by Crippen LogP contribution is 2.40. The maximum atomic E-state index is 11.9. The van der Waals surface area contributed by atoms with Crippen LogP contribution in [0.5, 0.6) is 11.5 Å². The standard InChI is InChI=1S/C24H26ClN5O3/c1-32-22-13-16(3-6-21(22)33-12-2-9-27-28-10-8-26)24-23-18(7-11-30(24)15-31)19-14-17(25)4-5-20(19)29-23/h3-6,8,10,13-15,24,26-27,29H,2,7,9,11-12H2,1H3/b26-8?,28-10-. The summed E-state index contributed by atoms with van der Waals surface area (Å²) in [5, 5.41) is 12.5. The monoisotopic (exact) mass is 467 g/mol. The first kappa shape index (κ1) is 22.7. The average molecular weight is 468 g/mol. The molecular formula is C24H26ClN5O3. The second-order valence-electron chi connectivity index (χ2n) is 7.67. The van der Waals surface area contributed by atoms with Gasteiger partial charge in [-0.05, 0) is 47.9 Å². The largest absolute Gasteiger partial charge is 0.493 e. The summed E-state index contributed by atoms with van der Waals surface area (Å²) >= 11 is 6.24. The van der Waals surface area contributed by atoms with Gasteiger partial charge in [0.1, 0.15) is 0 Å². The van der Waals surface area contributed by atoms with Gasteiger partial charge in [-0.1, -0.05) is 17.7 Å². The van der Waals surface area contributed by atoms with Gasteiger partial charge in [-0.15, -0.1) is 0 Å². The Bertz CT molecular complexity index is 1180. The molecular weight excluding hydrogens is 442 g/mol. The van der Waals surface area contributed by atoms with Crippen LogP contribution in [0.1, 0.15) is 29.3 Å². The number of amides is 1. The molecule has 172 valence electrons. The topological polar surface area (TPSA) is 103 Å². The van der Waals surface area contributed by atoms with Crippen molar-refractivity contribution in [2.45, 2.75) is 18.9 Å². The molecule has 1 atom stereocenters. The molecule has 0 bridgehead atoms. The van der Waals surface area contributed by atoms with Crippen LogP contribution < -0.4 is 14.9 Å². The number of nitrogens with zero attached hydrogens (tertiary/aromatic N) is 2. The fourth-order valence-corrected chi connectivity index (χ4v) is 4.38. The number of aromatic amines is 1. The van der Waals surface area contributed by atoms with Crippen molar-refractivity contribution < 1.29 is 14.3 Å². The van der Waals surface area contributed by atoms with Crippen molar-refractivity contribution in [3.63, 3.8) is 0 Å². The van der Waals surface area contributed by atoms with E-state index < -0.39 is 0 Å². The van der Waals surface area contributed by atoms with Crippen LogP contribution in [0.15, 0.2) is 41.5 Å². The minimum atomic E-state index is -0.253. The lowest BCUT2D eigenvalue weighted by Crippen LogP contribution is -2.35. The maximum Gasteiger partial charge on any atom is 0.210 e. The number of fused-ring (bicyclic) bond motifs is 3. The first-order chi connectivity index (χ1) is 16.2. The first-order valence-electron chi connectivity index (χ1n) is 10.7. The molecule has 8 nitrogen and oxygen atoms in total. The number of methoxy groups -OCH3 is 1. The Balaban J connectivity index is 1.58. The van der Waals surface area contributed by atoms with Gasteiger partial charge in [0.05, 0.1) is 26.0 Å². The number of hydrogen-bond donors (Lipinski definition) is 3. The quantitative estimate of drug-likeness (QED) is 0.182. The van der Waals surface area contributed by atoms with E-state index in [0.29, 0.717) is 36.2 Å². The highest BCUT2D eigenvalue weighted by molar-refractivity contribution is 6.31. The second kappa shape index (κ2) is 10.4. The fraction of sp³-hybridized carbons (Fsp3) is 0.292. The summed E-state index contributed by atoms with van der Waals surface area (Å²) < 4.78 is 11.5. The van der Waals surface area contributed by atoms with E-state index in [1.807, 2.05) is 36.4 Å². The van der Waals surface area contributed by atoms with Gasteiger partial charge in [-0.2, -0.15) is 5.10 Å². The van der Waals surface area contributed by atoms with E-state index in [2.05, 4.69) is 15.5 Å². The zero-order chi connectivity index (χ0) is 23.2. The van der Waals surface area contributed by atoms with Crippen molar-refractivity contribution in [2.75, 3.05) is 26.8 Å². The molecule has 2 heterocycles. The number of aromatic nitrogens is 1. The summed E-state index contributed by atoms with van der Waals surface area (Å²) in [6.45, 7) is 1.74. The van der Waals surface area contributed by atoms with Gasteiger partial charge in [0.2, 0.25) is 6.41 Å². The molecule has 4 rings (SSSR count). The number of hydrazone groups is 1. The highest BCUT2D eigenvalue weighted by Gasteiger charge is 2.31. The molecule has 9 heteroatoms. The lowest BCUT2D eigenvalue weighted by Gasteiger charge is -2.33. The number of carbonyl (C=O) groups excluding carboxylic acids is 1. The first-order valence-corrected chi connectivity index (χ1v) is 11.1. The third-order valence-electron chi connectivity index (χ3n) is 5.70. The summed E-state index contributed by atoms with van der Waals surface area (Å²) in [6.07, 6.45) is 4.90. The van der Waals surface area contributed by atoms with E-state index in [9.17, 15) is 4.79 Å². The van der Waals surface area contributed by atoms with Crippen LogP contribution in [-0.4, -0.2) is 55.5 Å². The van der Waals surface area contributed by atoms with Gasteiger partial charge >= 0.3 is 0 Å². The molecule has 0 fully saturated rings. The summed E-state index contributed by atoms with van der Waals surface area (Å²) in [5.41, 5.74) is 6.98. The Hall–Kier alpha value is -3.52. The number of ether oxygens (including phenoxy) is 2. The number of benzene rings is 2. The predicted octanol–water partition coefficient (Wildman–Crippen LogP) is 3.93. The molecule has 0 spiro atoms. The van der Waals surface area contributed by atoms with Gasteiger partial charge in [0, 0.05) is 47.3 Å². The van der Waals surface area contributed by atoms with Crippen LogP contribution in [0.25, 0.3) is 10.9 Å². The number of H-pyrrole nitrogens is 1. The van der Waals surface area contributed by atoms with Crippen LogP contribution in [0.3, 0.4) is 0 Å². The summed E-state index contributed by atoms with van der Waals surface area (Å²) in [4.78, 5) is 17.2. The van der Waals surface area contributed by atoms with Crippen molar-refractivity contribution in [2.24, 2.45) is 5.10 Å². The summed E-state index contributed by atoms with van der Waals surface area (Å²) in [6, 6.07) is 11.3. The average Bonchev–Trinajstić information content (AvgIpc) is 3.20. The third-order valence-corrected chi connectivity index (χ3v) is 5.93. The molecule has 3 N–H and O–H groups in total. The molecule has 3 aromatic rings. The maximum absolute atomic E-state index is 11.9. The molecule has 1 aliphatic heterocycles. The minimum Gasteiger partial charge on any atom is -0.493 e. The fourth-order valence-electron chi connectivity index (χ4n) is 4.21. The van der Waals surface area contributed by atoms with Crippen molar-refractivity contribution in [3.05, 3.63) is 58.2 Å². The molecule has 1 amide bonds. The van der Waals surface area contributed by atoms with E-state index >= 15 is 0 Å². The molecule has 2 aromatic carbocycles. The number of carbonyl (C=O) groups is 1. The third kappa shape index (κ3) is 4.80. The van der Waals surface area contributed by atoms with Gasteiger partial charge in [-0.3, -0.25) is 4.79 Å². The summed E-state index contributed by atoms with van der Waals surface area (Å²) in [5.74, 6) is 1.25.